The number of aromatic nitrogens is 4. The van der Waals surface area contributed by atoms with Gasteiger partial charge in [0.1, 0.15) is 11.6 Å². The number of hydrogen-bond acceptors (Lipinski definition) is 6. The Morgan fingerprint density at radius 1 is 0.741 bits per heavy atom. The molecule has 0 unspecified atom stereocenters. The molecule has 0 saturated carbocycles. The van der Waals surface area contributed by atoms with Crippen LogP contribution in [0.4, 0.5) is 16.2 Å². The summed E-state index contributed by atoms with van der Waals surface area (Å²) in [4.78, 5) is 16.3. The SMILES string of the molecule is Nc1cnc(-c2ccc(-c3ccccc3-c3ccnc(N)n3)cc2F)cn1. The molecule has 4 N–H and O–H groups in total. The average Bonchev–Trinajstić information content (AvgIpc) is 2.69. The molecule has 0 aliphatic rings. The van der Waals surface area contributed by atoms with E-state index in [4.69, 9.17) is 11.5 Å². The van der Waals surface area contributed by atoms with Gasteiger partial charge in [0.05, 0.1) is 23.8 Å². The van der Waals surface area contributed by atoms with Crippen LogP contribution in [0.3, 0.4) is 0 Å². The number of hydrogen-bond donors (Lipinski definition) is 2. The minimum atomic E-state index is -0.399. The number of nitrogens with zero attached hydrogens (tertiary/aromatic N) is 4. The fourth-order valence-electron chi connectivity index (χ4n) is 2.85. The highest BCUT2D eigenvalue weighted by molar-refractivity contribution is 5.83. The molecule has 2 aromatic heterocycles. The van der Waals surface area contributed by atoms with Gasteiger partial charge in [0, 0.05) is 17.3 Å². The van der Waals surface area contributed by atoms with E-state index in [1.165, 1.54) is 18.5 Å². The van der Waals surface area contributed by atoms with Gasteiger partial charge in [0.15, 0.2) is 0 Å². The lowest BCUT2D eigenvalue weighted by molar-refractivity contribution is 0.631. The van der Waals surface area contributed by atoms with Crippen molar-refractivity contribution in [3.8, 4) is 33.6 Å². The van der Waals surface area contributed by atoms with Crippen LogP contribution < -0.4 is 11.5 Å². The largest absolute Gasteiger partial charge is 0.382 e. The summed E-state index contributed by atoms with van der Waals surface area (Å²) < 4.78 is 14.8. The number of benzene rings is 2. The maximum Gasteiger partial charge on any atom is 0.220 e. The zero-order valence-corrected chi connectivity index (χ0v) is 14.2. The first kappa shape index (κ1) is 16.6. The Morgan fingerprint density at radius 3 is 2.26 bits per heavy atom. The Hall–Kier alpha value is -3.87. The van der Waals surface area contributed by atoms with Crippen LogP contribution in [0.25, 0.3) is 33.6 Å². The van der Waals surface area contributed by atoms with E-state index in [-0.39, 0.29) is 11.8 Å². The topological polar surface area (TPSA) is 104 Å². The van der Waals surface area contributed by atoms with E-state index < -0.39 is 5.82 Å². The third-order valence-corrected chi connectivity index (χ3v) is 4.11. The number of halogens is 1. The van der Waals surface area contributed by atoms with Crippen LogP contribution >= 0.6 is 0 Å². The smallest absolute Gasteiger partial charge is 0.220 e. The summed E-state index contributed by atoms with van der Waals surface area (Å²) in [6.07, 6.45) is 4.44. The quantitative estimate of drug-likeness (QED) is 0.580. The van der Waals surface area contributed by atoms with Gasteiger partial charge in [0.2, 0.25) is 5.95 Å². The minimum absolute atomic E-state index is 0.186. The van der Waals surface area contributed by atoms with E-state index in [0.29, 0.717) is 22.5 Å². The van der Waals surface area contributed by atoms with Crippen LogP contribution in [0.2, 0.25) is 0 Å². The van der Waals surface area contributed by atoms with Gasteiger partial charge in [-0.2, -0.15) is 0 Å². The normalized spacial score (nSPS) is 10.7. The fraction of sp³-hybridized carbons (Fsp3) is 0. The van der Waals surface area contributed by atoms with Crippen molar-refractivity contribution in [2.45, 2.75) is 0 Å². The second-order valence-electron chi connectivity index (χ2n) is 5.87. The van der Waals surface area contributed by atoms with E-state index in [1.54, 1.807) is 18.3 Å². The van der Waals surface area contributed by atoms with Crippen LogP contribution in [0.1, 0.15) is 0 Å². The Bertz CT molecular complexity index is 1110. The van der Waals surface area contributed by atoms with Gasteiger partial charge in [-0.05, 0) is 29.3 Å². The molecule has 0 atom stereocenters. The van der Waals surface area contributed by atoms with Crippen LogP contribution in [-0.4, -0.2) is 19.9 Å². The van der Waals surface area contributed by atoms with E-state index >= 15 is 0 Å². The van der Waals surface area contributed by atoms with Crippen molar-refractivity contribution in [2.75, 3.05) is 11.5 Å². The Balaban J connectivity index is 1.79. The molecule has 2 heterocycles. The van der Waals surface area contributed by atoms with Crippen molar-refractivity contribution in [2.24, 2.45) is 0 Å². The monoisotopic (exact) mass is 358 g/mol. The highest BCUT2D eigenvalue weighted by Gasteiger charge is 2.13. The van der Waals surface area contributed by atoms with Crippen molar-refractivity contribution < 1.29 is 4.39 Å². The molecule has 27 heavy (non-hydrogen) atoms. The highest BCUT2D eigenvalue weighted by Crippen LogP contribution is 2.33. The van der Waals surface area contributed by atoms with E-state index in [0.717, 1.165) is 11.1 Å². The lowest BCUT2D eigenvalue weighted by Gasteiger charge is -2.11. The van der Waals surface area contributed by atoms with Gasteiger partial charge in [-0.15, -0.1) is 0 Å². The summed E-state index contributed by atoms with van der Waals surface area (Å²) in [5.74, 6) is 0.0724. The summed E-state index contributed by atoms with van der Waals surface area (Å²) >= 11 is 0. The second-order valence-corrected chi connectivity index (χ2v) is 5.87. The molecule has 0 aliphatic carbocycles. The fourth-order valence-corrected chi connectivity index (χ4v) is 2.85. The van der Waals surface area contributed by atoms with Crippen LogP contribution in [0.5, 0.6) is 0 Å². The van der Waals surface area contributed by atoms with E-state index in [9.17, 15) is 4.39 Å². The van der Waals surface area contributed by atoms with Gasteiger partial charge in [-0.3, -0.25) is 4.98 Å². The molecule has 0 saturated heterocycles. The molecule has 0 bridgehead atoms. The molecule has 7 heteroatoms. The predicted octanol–water partition coefficient (Wildman–Crippen LogP) is 3.57. The molecule has 4 aromatic rings. The third-order valence-electron chi connectivity index (χ3n) is 4.11. The molecule has 0 fully saturated rings. The summed E-state index contributed by atoms with van der Waals surface area (Å²) in [6.45, 7) is 0. The Morgan fingerprint density at radius 2 is 1.56 bits per heavy atom. The molecule has 6 nitrogen and oxygen atoms in total. The summed E-state index contributed by atoms with van der Waals surface area (Å²) in [6, 6.07) is 14.3. The molecular weight excluding hydrogens is 343 g/mol. The van der Waals surface area contributed by atoms with Gasteiger partial charge in [0.25, 0.3) is 0 Å². The first-order chi connectivity index (χ1) is 13.1. The molecular formula is C20H15FN6. The first-order valence-electron chi connectivity index (χ1n) is 8.17. The third kappa shape index (κ3) is 3.30. The summed E-state index contributed by atoms with van der Waals surface area (Å²) in [7, 11) is 0. The lowest BCUT2D eigenvalue weighted by Crippen LogP contribution is -1.97. The number of nitrogens with two attached hydrogens (primary N) is 2. The van der Waals surface area contributed by atoms with Crippen molar-refractivity contribution in [1.82, 2.24) is 19.9 Å². The van der Waals surface area contributed by atoms with Crippen LogP contribution in [0.15, 0.2) is 67.1 Å². The molecule has 0 aliphatic heterocycles. The molecule has 0 amide bonds. The van der Waals surface area contributed by atoms with Gasteiger partial charge >= 0.3 is 0 Å². The zero-order chi connectivity index (χ0) is 18.8. The Kier molecular flexibility index (Phi) is 4.18. The Labute approximate surface area is 154 Å². The molecule has 132 valence electrons. The molecule has 2 aromatic carbocycles. The van der Waals surface area contributed by atoms with Crippen molar-refractivity contribution >= 4 is 11.8 Å². The van der Waals surface area contributed by atoms with Crippen LogP contribution in [-0.2, 0) is 0 Å². The number of nitrogen functional groups attached to an aromatic ring is 2. The maximum absolute atomic E-state index is 14.8. The number of anilines is 2. The maximum atomic E-state index is 14.8. The van der Waals surface area contributed by atoms with Gasteiger partial charge in [-0.1, -0.05) is 30.3 Å². The first-order valence-corrected chi connectivity index (χ1v) is 8.17. The number of rotatable bonds is 3. The zero-order valence-electron chi connectivity index (χ0n) is 14.2. The second kappa shape index (κ2) is 6.80. The highest BCUT2D eigenvalue weighted by atomic mass is 19.1. The van der Waals surface area contributed by atoms with Gasteiger partial charge < -0.3 is 11.5 Å². The predicted molar refractivity (Wildman–Crippen MR) is 103 cm³/mol. The lowest BCUT2D eigenvalue weighted by atomic mass is 9.96. The minimum Gasteiger partial charge on any atom is -0.382 e. The van der Waals surface area contributed by atoms with Crippen molar-refractivity contribution in [3.63, 3.8) is 0 Å². The molecule has 0 radical (unpaired) electrons. The van der Waals surface area contributed by atoms with Gasteiger partial charge in [-0.25, -0.2) is 19.3 Å². The van der Waals surface area contributed by atoms with Crippen molar-refractivity contribution in [1.29, 1.82) is 0 Å². The summed E-state index contributed by atoms with van der Waals surface area (Å²) in [5, 5.41) is 0. The molecule has 4 rings (SSSR count). The molecule has 0 spiro atoms. The van der Waals surface area contributed by atoms with E-state index in [2.05, 4.69) is 19.9 Å². The van der Waals surface area contributed by atoms with Crippen LogP contribution in [0, 0.1) is 5.82 Å². The summed E-state index contributed by atoms with van der Waals surface area (Å²) in [5.41, 5.74) is 15.1. The van der Waals surface area contributed by atoms with Crippen molar-refractivity contribution in [3.05, 3.63) is 72.9 Å². The standard InChI is InChI=1S/C20H15FN6/c21-16-9-12(5-6-15(16)18-10-26-19(22)11-25-18)13-3-1-2-4-14(13)17-7-8-24-20(23)27-17/h1-11H,(H2,22,26)(H2,23,24,27). The van der Waals surface area contributed by atoms with E-state index in [1.807, 2.05) is 30.3 Å². The average molecular weight is 358 g/mol.